The number of carbonyl (C=O) groups is 1. The van der Waals surface area contributed by atoms with Crippen LogP contribution in [0.1, 0.15) is 13.3 Å². The molecule has 0 amide bonds. The smallest absolute Gasteiger partial charge is 0.333 e. The minimum Gasteiger partial charge on any atom is -0.489 e. The zero-order valence-electron chi connectivity index (χ0n) is 10.2. The topological polar surface area (TPSA) is 35.5 Å². The summed E-state index contributed by atoms with van der Waals surface area (Å²) in [6, 6.07) is 4.17. The second-order valence-electron chi connectivity index (χ2n) is 3.46. The van der Waals surface area contributed by atoms with Crippen LogP contribution in [0.25, 0.3) is 0 Å². The Kier molecular flexibility index (Phi) is 5.65. The number of halogens is 2. The third kappa shape index (κ3) is 4.04. The number of esters is 1. The maximum absolute atomic E-state index is 13.1. The molecule has 1 aromatic carbocycles. The standard InChI is InChI=1S/C13H14ClFO3/c1-3-9(13(16)17-2)6-7-18-10-4-5-11(14)12(15)8-10/h4-6,8H,3,7H2,1-2H3/b9-6-. The van der Waals surface area contributed by atoms with Gasteiger partial charge in [0.05, 0.1) is 12.1 Å². The second kappa shape index (κ2) is 7.01. The highest BCUT2D eigenvalue weighted by Crippen LogP contribution is 2.20. The molecule has 0 unspecified atom stereocenters. The molecule has 0 atom stereocenters. The number of methoxy groups -OCH3 is 1. The van der Waals surface area contributed by atoms with Crippen molar-refractivity contribution in [3.8, 4) is 5.75 Å². The molecule has 1 aromatic rings. The van der Waals surface area contributed by atoms with Gasteiger partial charge in [0.1, 0.15) is 18.2 Å². The van der Waals surface area contributed by atoms with Crippen LogP contribution < -0.4 is 4.74 Å². The van der Waals surface area contributed by atoms with E-state index in [2.05, 4.69) is 4.74 Å². The van der Waals surface area contributed by atoms with E-state index in [0.717, 1.165) is 0 Å². The number of hydrogen-bond acceptors (Lipinski definition) is 3. The Labute approximate surface area is 110 Å². The van der Waals surface area contributed by atoms with Crippen LogP contribution in [-0.4, -0.2) is 19.7 Å². The molecule has 98 valence electrons. The van der Waals surface area contributed by atoms with Crippen LogP contribution in [0.15, 0.2) is 29.8 Å². The van der Waals surface area contributed by atoms with Crippen LogP contribution >= 0.6 is 11.6 Å². The monoisotopic (exact) mass is 272 g/mol. The van der Waals surface area contributed by atoms with Crippen LogP contribution in [0.3, 0.4) is 0 Å². The van der Waals surface area contributed by atoms with Crippen molar-refractivity contribution in [2.75, 3.05) is 13.7 Å². The number of hydrogen-bond donors (Lipinski definition) is 0. The lowest BCUT2D eigenvalue weighted by atomic mass is 10.2. The number of ether oxygens (including phenoxy) is 2. The Morgan fingerprint density at radius 2 is 2.22 bits per heavy atom. The molecule has 0 fully saturated rings. The Balaban J connectivity index is 2.62. The molecule has 0 N–H and O–H groups in total. The fourth-order valence-corrected chi connectivity index (χ4v) is 1.43. The summed E-state index contributed by atoms with van der Waals surface area (Å²) in [5, 5.41) is 0.0432. The first-order valence-electron chi connectivity index (χ1n) is 5.43. The molecule has 0 bridgehead atoms. The van der Waals surface area contributed by atoms with Crippen LogP contribution in [0.2, 0.25) is 5.02 Å². The molecular formula is C13H14ClFO3. The van der Waals surface area contributed by atoms with Crippen LogP contribution in [0.5, 0.6) is 5.75 Å². The highest BCUT2D eigenvalue weighted by molar-refractivity contribution is 6.30. The van der Waals surface area contributed by atoms with E-state index in [4.69, 9.17) is 16.3 Å². The molecule has 0 aliphatic heterocycles. The van der Waals surface area contributed by atoms with E-state index in [1.165, 1.54) is 19.2 Å². The molecule has 3 nitrogen and oxygen atoms in total. The summed E-state index contributed by atoms with van der Waals surface area (Å²) in [4.78, 5) is 11.3. The lowest BCUT2D eigenvalue weighted by molar-refractivity contribution is -0.136. The fourth-order valence-electron chi connectivity index (χ4n) is 1.31. The van der Waals surface area contributed by atoms with Gasteiger partial charge in [-0.1, -0.05) is 18.5 Å². The molecule has 0 heterocycles. The fraction of sp³-hybridized carbons (Fsp3) is 0.308. The van der Waals surface area contributed by atoms with E-state index in [1.807, 2.05) is 6.92 Å². The zero-order chi connectivity index (χ0) is 13.5. The van der Waals surface area contributed by atoms with Crippen molar-refractivity contribution in [1.29, 1.82) is 0 Å². The van der Waals surface area contributed by atoms with Gasteiger partial charge in [0.25, 0.3) is 0 Å². The Hall–Kier alpha value is -1.55. The first-order valence-corrected chi connectivity index (χ1v) is 5.81. The van der Waals surface area contributed by atoms with Gasteiger partial charge in [-0.15, -0.1) is 0 Å². The second-order valence-corrected chi connectivity index (χ2v) is 3.87. The van der Waals surface area contributed by atoms with Gasteiger partial charge in [0, 0.05) is 11.6 Å². The Morgan fingerprint density at radius 3 is 2.78 bits per heavy atom. The van der Waals surface area contributed by atoms with E-state index in [-0.39, 0.29) is 17.6 Å². The van der Waals surface area contributed by atoms with E-state index in [1.54, 1.807) is 12.1 Å². The van der Waals surface area contributed by atoms with Crippen molar-refractivity contribution < 1.29 is 18.7 Å². The molecular weight excluding hydrogens is 259 g/mol. The summed E-state index contributed by atoms with van der Waals surface area (Å²) in [7, 11) is 1.32. The van der Waals surface area contributed by atoms with Crippen molar-refractivity contribution >= 4 is 17.6 Å². The van der Waals surface area contributed by atoms with Gasteiger partial charge < -0.3 is 9.47 Å². The Bertz CT molecular complexity index is 458. The normalized spacial score (nSPS) is 11.2. The van der Waals surface area contributed by atoms with E-state index >= 15 is 0 Å². The molecule has 0 aliphatic carbocycles. The molecule has 0 saturated heterocycles. The minimum absolute atomic E-state index is 0.0432. The summed E-state index contributed by atoms with van der Waals surface area (Å²) >= 11 is 5.54. The Morgan fingerprint density at radius 1 is 1.50 bits per heavy atom. The predicted molar refractivity (Wildman–Crippen MR) is 67.3 cm³/mol. The van der Waals surface area contributed by atoms with Gasteiger partial charge in [-0.2, -0.15) is 0 Å². The highest BCUT2D eigenvalue weighted by atomic mass is 35.5. The molecule has 0 saturated carbocycles. The SMILES string of the molecule is CC/C(=C/COc1ccc(Cl)c(F)c1)C(=O)OC. The zero-order valence-corrected chi connectivity index (χ0v) is 11.0. The van der Waals surface area contributed by atoms with Crippen molar-refractivity contribution in [1.82, 2.24) is 0 Å². The number of benzene rings is 1. The lowest BCUT2D eigenvalue weighted by Gasteiger charge is -2.05. The first-order chi connectivity index (χ1) is 8.58. The van der Waals surface area contributed by atoms with Gasteiger partial charge in [-0.3, -0.25) is 0 Å². The molecule has 5 heteroatoms. The third-order valence-corrected chi connectivity index (χ3v) is 2.61. The van der Waals surface area contributed by atoms with Gasteiger partial charge in [0.15, 0.2) is 0 Å². The van der Waals surface area contributed by atoms with Crippen molar-refractivity contribution in [2.24, 2.45) is 0 Å². The summed E-state index contributed by atoms with van der Waals surface area (Å²) in [5.41, 5.74) is 0.520. The molecule has 1 rings (SSSR count). The molecule has 18 heavy (non-hydrogen) atoms. The third-order valence-electron chi connectivity index (χ3n) is 2.30. The number of rotatable bonds is 5. The lowest BCUT2D eigenvalue weighted by Crippen LogP contribution is -2.06. The van der Waals surface area contributed by atoms with Crippen LogP contribution in [-0.2, 0) is 9.53 Å². The molecule has 0 aromatic heterocycles. The maximum Gasteiger partial charge on any atom is 0.333 e. The quantitative estimate of drug-likeness (QED) is 0.609. The first kappa shape index (κ1) is 14.5. The van der Waals surface area contributed by atoms with E-state index < -0.39 is 5.82 Å². The highest BCUT2D eigenvalue weighted by Gasteiger charge is 2.06. The van der Waals surface area contributed by atoms with Crippen LogP contribution in [0.4, 0.5) is 4.39 Å². The summed E-state index contributed by atoms with van der Waals surface area (Å²) < 4.78 is 23.0. The molecule has 0 radical (unpaired) electrons. The van der Waals surface area contributed by atoms with Gasteiger partial charge in [-0.05, 0) is 24.6 Å². The molecule has 0 aliphatic rings. The van der Waals surface area contributed by atoms with E-state index in [9.17, 15) is 9.18 Å². The summed E-state index contributed by atoms with van der Waals surface area (Å²) in [5.74, 6) is -0.571. The number of carbonyl (C=O) groups excluding carboxylic acids is 1. The average Bonchev–Trinajstić information content (AvgIpc) is 2.38. The van der Waals surface area contributed by atoms with Crippen molar-refractivity contribution in [3.05, 3.63) is 40.7 Å². The largest absolute Gasteiger partial charge is 0.489 e. The maximum atomic E-state index is 13.1. The average molecular weight is 273 g/mol. The minimum atomic E-state index is -0.540. The predicted octanol–water partition coefficient (Wildman–Crippen LogP) is 3.37. The van der Waals surface area contributed by atoms with Crippen molar-refractivity contribution in [3.63, 3.8) is 0 Å². The van der Waals surface area contributed by atoms with Crippen LogP contribution in [0, 0.1) is 5.82 Å². The van der Waals surface area contributed by atoms with Gasteiger partial charge >= 0.3 is 5.97 Å². The van der Waals surface area contributed by atoms with Gasteiger partial charge in [0.2, 0.25) is 0 Å². The summed E-state index contributed by atoms with van der Waals surface area (Å²) in [6.07, 6.45) is 2.16. The van der Waals surface area contributed by atoms with Crippen molar-refractivity contribution in [2.45, 2.75) is 13.3 Å². The molecule has 0 spiro atoms. The summed E-state index contributed by atoms with van der Waals surface area (Å²) in [6.45, 7) is 2.00. The van der Waals surface area contributed by atoms with E-state index in [0.29, 0.717) is 17.7 Å². The van der Waals surface area contributed by atoms with Gasteiger partial charge in [-0.25, -0.2) is 9.18 Å².